The van der Waals surface area contributed by atoms with Crippen LogP contribution in [0.2, 0.25) is 0 Å². The van der Waals surface area contributed by atoms with Crippen molar-refractivity contribution in [2.75, 3.05) is 13.1 Å². The van der Waals surface area contributed by atoms with Crippen LogP contribution >= 0.6 is 0 Å². The van der Waals surface area contributed by atoms with E-state index in [9.17, 15) is 14.7 Å². The third kappa shape index (κ3) is 3.28. The number of hydrogen-bond acceptors (Lipinski definition) is 7. The van der Waals surface area contributed by atoms with Crippen molar-refractivity contribution in [3.8, 4) is 0 Å². The highest BCUT2D eigenvalue weighted by atomic mass is 16.3. The number of aliphatic hydroxyl groups excluding tert-OH is 1. The lowest BCUT2D eigenvalue weighted by atomic mass is 9.97. The molecule has 1 atom stereocenters. The zero-order valence-electron chi connectivity index (χ0n) is 15.8. The van der Waals surface area contributed by atoms with Crippen LogP contribution in [0.4, 0.5) is 0 Å². The number of nitrogens with zero attached hydrogens (tertiary/aromatic N) is 7. The number of hydrogen-bond donors (Lipinski definition) is 2. The third-order valence-electron chi connectivity index (χ3n) is 5.10. The molecule has 4 heterocycles. The van der Waals surface area contributed by atoms with Gasteiger partial charge in [0.05, 0.1) is 6.42 Å². The lowest BCUT2D eigenvalue weighted by molar-refractivity contribution is -0.131. The van der Waals surface area contributed by atoms with Gasteiger partial charge in [0.1, 0.15) is 18.3 Å². The lowest BCUT2D eigenvalue weighted by Crippen LogP contribution is -2.40. The van der Waals surface area contributed by atoms with Gasteiger partial charge in [0.2, 0.25) is 5.91 Å². The minimum Gasteiger partial charge on any atom is -0.388 e. The third-order valence-corrected chi connectivity index (χ3v) is 5.10. The quantitative estimate of drug-likeness (QED) is 0.605. The summed E-state index contributed by atoms with van der Waals surface area (Å²) in [5.41, 5.74) is 0.327. The molecule has 11 heteroatoms. The molecule has 1 fully saturated rings. The monoisotopic (exact) mass is 386 g/mol. The topological polar surface area (TPSA) is 134 Å². The van der Waals surface area contributed by atoms with Crippen LogP contribution in [0, 0.1) is 6.92 Å². The molecule has 0 aromatic carbocycles. The van der Waals surface area contributed by atoms with E-state index in [2.05, 4.69) is 25.3 Å². The van der Waals surface area contributed by atoms with Crippen molar-refractivity contribution >= 4 is 11.7 Å². The van der Waals surface area contributed by atoms with E-state index in [-0.39, 0.29) is 36.2 Å². The largest absolute Gasteiger partial charge is 0.388 e. The maximum absolute atomic E-state index is 12.8. The Kier molecular flexibility index (Phi) is 4.67. The average molecular weight is 386 g/mol. The first-order chi connectivity index (χ1) is 13.5. The number of aryl methyl sites for hydroxylation is 1. The molecule has 1 aliphatic heterocycles. The van der Waals surface area contributed by atoms with Gasteiger partial charge in [0.25, 0.3) is 11.3 Å². The van der Waals surface area contributed by atoms with Gasteiger partial charge in [0.15, 0.2) is 5.82 Å². The van der Waals surface area contributed by atoms with E-state index >= 15 is 0 Å². The van der Waals surface area contributed by atoms with Gasteiger partial charge in [-0.2, -0.15) is 9.50 Å². The molecule has 148 valence electrons. The summed E-state index contributed by atoms with van der Waals surface area (Å²) in [5.74, 6) is 1.95. The van der Waals surface area contributed by atoms with E-state index < -0.39 is 0 Å². The predicted molar refractivity (Wildman–Crippen MR) is 97.5 cm³/mol. The molecular formula is C17H22N8O3. The smallest absolute Gasteiger partial charge is 0.274 e. The van der Waals surface area contributed by atoms with Gasteiger partial charge in [-0.05, 0) is 19.8 Å². The highest BCUT2D eigenvalue weighted by Gasteiger charge is 2.28. The Balaban J connectivity index is 1.49. The maximum Gasteiger partial charge on any atom is 0.274 e. The normalized spacial score (nSPS) is 17.4. The van der Waals surface area contributed by atoms with E-state index in [1.165, 1.54) is 10.6 Å². The van der Waals surface area contributed by atoms with Crippen LogP contribution in [0.1, 0.15) is 41.9 Å². The van der Waals surface area contributed by atoms with Gasteiger partial charge < -0.3 is 14.6 Å². The molecule has 2 N–H and O–H groups in total. The van der Waals surface area contributed by atoms with Crippen LogP contribution in [0.3, 0.4) is 0 Å². The number of fused-ring (bicyclic) bond motifs is 1. The zero-order valence-corrected chi connectivity index (χ0v) is 15.8. The number of carbonyl (C=O) groups excluding carboxylic acids is 1. The number of aromatic amines is 1. The second kappa shape index (κ2) is 7.15. The molecule has 1 amide bonds. The average Bonchev–Trinajstić information content (AvgIpc) is 3.24. The molecular weight excluding hydrogens is 364 g/mol. The van der Waals surface area contributed by atoms with Gasteiger partial charge in [0, 0.05) is 37.8 Å². The Morgan fingerprint density at radius 1 is 1.36 bits per heavy atom. The van der Waals surface area contributed by atoms with Crippen LogP contribution in [0.5, 0.6) is 0 Å². The summed E-state index contributed by atoms with van der Waals surface area (Å²) in [6.45, 7) is 2.76. The van der Waals surface area contributed by atoms with Crippen molar-refractivity contribution in [2.45, 2.75) is 38.7 Å². The van der Waals surface area contributed by atoms with E-state index in [0.29, 0.717) is 30.4 Å². The van der Waals surface area contributed by atoms with E-state index in [4.69, 9.17) is 0 Å². The first kappa shape index (κ1) is 18.3. The van der Waals surface area contributed by atoms with Gasteiger partial charge in [-0.3, -0.25) is 14.7 Å². The molecule has 3 aromatic heterocycles. The minimum absolute atomic E-state index is 0.0648. The Morgan fingerprint density at radius 2 is 2.18 bits per heavy atom. The second-order valence-electron chi connectivity index (χ2n) is 7.09. The second-order valence-corrected chi connectivity index (χ2v) is 7.09. The number of piperidine rings is 1. The van der Waals surface area contributed by atoms with Gasteiger partial charge in [-0.1, -0.05) is 0 Å². The molecule has 0 radical (unpaired) electrons. The number of aromatic nitrogens is 7. The van der Waals surface area contributed by atoms with E-state index in [0.717, 1.165) is 18.7 Å². The van der Waals surface area contributed by atoms with Crippen molar-refractivity contribution in [3.63, 3.8) is 0 Å². The summed E-state index contributed by atoms with van der Waals surface area (Å²) in [5, 5.41) is 20.3. The molecule has 11 nitrogen and oxygen atoms in total. The van der Waals surface area contributed by atoms with Crippen molar-refractivity contribution < 1.29 is 9.90 Å². The summed E-state index contributed by atoms with van der Waals surface area (Å²) in [6.07, 6.45) is 1.83. The Morgan fingerprint density at radius 3 is 2.93 bits per heavy atom. The fraction of sp³-hybridized carbons (Fsp3) is 0.529. The molecule has 0 aliphatic carbocycles. The first-order valence-electron chi connectivity index (χ1n) is 9.18. The molecule has 0 bridgehead atoms. The highest BCUT2D eigenvalue weighted by Crippen LogP contribution is 2.26. The fourth-order valence-electron chi connectivity index (χ4n) is 3.65. The summed E-state index contributed by atoms with van der Waals surface area (Å²) < 4.78 is 3.03. The van der Waals surface area contributed by atoms with Crippen molar-refractivity contribution in [1.29, 1.82) is 0 Å². The number of amides is 1. The number of likely N-dealkylation sites (tertiary alicyclic amines) is 1. The molecule has 4 rings (SSSR count). The van der Waals surface area contributed by atoms with Gasteiger partial charge >= 0.3 is 0 Å². The van der Waals surface area contributed by atoms with Crippen LogP contribution < -0.4 is 5.56 Å². The minimum atomic E-state index is -0.256. The van der Waals surface area contributed by atoms with Crippen LogP contribution in [-0.4, -0.2) is 63.3 Å². The lowest BCUT2D eigenvalue weighted by Gasteiger charge is -2.32. The standard InChI is InChI=1S/C17H22N8O3/c1-10-6-15(28)25-17(18-10)19-12(22-25)7-14(27)24-5-3-4-11(8-24)16-21-20-13(9-26)23(16)2/h6,11,26H,3-5,7-9H2,1-2H3,(H,18,19,22). The molecule has 1 saturated heterocycles. The number of aliphatic hydroxyl groups is 1. The van der Waals surface area contributed by atoms with Crippen LogP contribution in [0.15, 0.2) is 10.9 Å². The van der Waals surface area contributed by atoms with Gasteiger partial charge in [-0.25, -0.2) is 4.98 Å². The summed E-state index contributed by atoms with van der Waals surface area (Å²) in [6, 6.07) is 1.41. The molecule has 1 aliphatic rings. The Labute approximate surface area is 160 Å². The fourth-order valence-corrected chi connectivity index (χ4v) is 3.65. The summed E-state index contributed by atoms with van der Waals surface area (Å²) in [7, 11) is 1.82. The molecule has 0 saturated carbocycles. The molecule has 28 heavy (non-hydrogen) atoms. The number of rotatable bonds is 4. The van der Waals surface area contributed by atoms with Crippen molar-refractivity contribution in [2.24, 2.45) is 7.05 Å². The maximum atomic E-state index is 12.8. The zero-order chi connectivity index (χ0) is 19.8. The van der Waals surface area contributed by atoms with Crippen molar-refractivity contribution in [3.05, 3.63) is 39.6 Å². The number of carbonyl (C=O) groups is 1. The molecule has 1 unspecified atom stereocenters. The Bertz CT molecular complexity index is 1080. The van der Waals surface area contributed by atoms with Crippen molar-refractivity contribution in [1.82, 2.24) is 39.2 Å². The summed E-state index contributed by atoms with van der Waals surface area (Å²) >= 11 is 0. The molecule has 0 spiro atoms. The van der Waals surface area contributed by atoms with Crippen LogP contribution in [-0.2, 0) is 24.9 Å². The Hall–Kier alpha value is -3.08. The van der Waals surface area contributed by atoms with Gasteiger partial charge in [-0.15, -0.1) is 10.2 Å². The van der Waals surface area contributed by atoms with E-state index in [1.54, 1.807) is 16.4 Å². The highest BCUT2D eigenvalue weighted by molar-refractivity contribution is 5.78. The number of H-pyrrole nitrogens is 1. The SMILES string of the molecule is Cc1cc(=O)n2[nH]c(CC(=O)N3CCCC(c4nnc(CO)n4C)C3)nc2n1. The summed E-state index contributed by atoms with van der Waals surface area (Å²) in [4.78, 5) is 35.0. The molecule has 3 aromatic rings. The first-order valence-corrected chi connectivity index (χ1v) is 9.18. The number of nitrogens with one attached hydrogen (secondary N) is 1. The van der Waals surface area contributed by atoms with E-state index in [1.807, 2.05) is 7.05 Å². The van der Waals surface area contributed by atoms with Crippen LogP contribution in [0.25, 0.3) is 5.78 Å². The predicted octanol–water partition coefficient (Wildman–Crippen LogP) is -0.704.